The molecule has 0 radical (unpaired) electrons. The second kappa shape index (κ2) is 4.83. The first kappa shape index (κ1) is 11.3. The molecule has 0 aromatic carbocycles. The van der Waals surface area contributed by atoms with E-state index in [1.807, 2.05) is 6.20 Å². The molecule has 1 aromatic heterocycles. The zero-order valence-corrected chi connectivity index (χ0v) is 10.7. The van der Waals surface area contributed by atoms with Gasteiger partial charge in [0.25, 0.3) is 0 Å². The summed E-state index contributed by atoms with van der Waals surface area (Å²) in [4.78, 5) is 9.30. The second-order valence-electron chi connectivity index (χ2n) is 4.89. The van der Waals surface area contributed by atoms with Gasteiger partial charge in [-0.2, -0.15) is 0 Å². The first-order valence-electron chi connectivity index (χ1n) is 6.37. The van der Waals surface area contributed by atoms with Crippen LogP contribution in [0.2, 0.25) is 0 Å². The Bertz CT molecular complexity index is 384. The molecule has 2 fully saturated rings. The van der Waals surface area contributed by atoms with E-state index in [0.717, 1.165) is 24.8 Å². The van der Waals surface area contributed by atoms with Gasteiger partial charge in [0.2, 0.25) is 0 Å². The predicted octanol–water partition coefficient (Wildman–Crippen LogP) is 2.10. The largest absolute Gasteiger partial charge is 0.369 e. The van der Waals surface area contributed by atoms with E-state index in [2.05, 4.69) is 26.9 Å². The maximum absolute atomic E-state index is 5.82. The molecule has 2 heterocycles. The molecular weight excluding hydrogens is 234 g/mol. The predicted molar refractivity (Wildman–Crippen MR) is 70.6 cm³/mol. The van der Waals surface area contributed by atoms with Crippen LogP contribution in [-0.4, -0.2) is 42.1 Å². The Hall–Kier alpha value is -0.800. The van der Waals surface area contributed by atoms with Crippen LogP contribution < -0.4 is 4.90 Å². The van der Waals surface area contributed by atoms with Gasteiger partial charge in [-0.1, -0.05) is 0 Å². The highest BCUT2D eigenvalue weighted by atomic mass is 35.5. The molecule has 1 aliphatic carbocycles. The van der Waals surface area contributed by atoms with Crippen LogP contribution in [0.25, 0.3) is 0 Å². The maximum atomic E-state index is 5.82. The molecule has 0 unspecified atom stereocenters. The Morgan fingerprint density at radius 1 is 1.24 bits per heavy atom. The summed E-state index contributed by atoms with van der Waals surface area (Å²) in [5.74, 6) is 0.496. The monoisotopic (exact) mass is 251 g/mol. The third kappa shape index (κ3) is 2.55. The lowest BCUT2D eigenvalue weighted by Gasteiger charge is -2.36. The minimum Gasteiger partial charge on any atom is -0.369 e. The molecule has 1 aromatic rings. The van der Waals surface area contributed by atoms with Gasteiger partial charge in [-0.05, 0) is 25.0 Å². The second-order valence-corrected chi connectivity index (χ2v) is 5.16. The fourth-order valence-corrected chi connectivity index (χ4v) is 2.67. The Balaban J connectivity index is 1.64. The fraction of sp³-hybridized carbons (Fsp3) is 0.615. The summed E-state index contributed by atoms with van der Waals surface area (Å²) in [6.45, 7) is 4.65. The van der Waals surface area contributed by atoms with E-state index in [1.54, 1.807) is 0 Å². The van der Waals surface area contributed by atoms with Crippen molar-refractivity contribution in [3.05, 3.63) is 24.0 Å². The Morgan fingerprint density at radius 3 is 2.65 bits per heavy atom. The van der Waals surface area contributed by atoms with Crippen molar-refractivity contribution < 1.29 is 0 Å². The van der Waals surface area contributed by atoms with Crippen LogP contribution in [0.5, 0.6) is 0 Å². The highest BCUT2D eigenvalue weighted by Crippen LogP contribution is 2.28. The average molecular weight is 252 g/mol. The van der Waals surface area contributed by atoms with Gasteiger partial charge in [0.15, 0.2) is 0 Å². The molecule has 1 saturated heterocycles. The van der Waals surface area contributed by atoms with Gasteiger partial charge >= 0.3 is 0 Å². The van der Waals surface area contributed by atoms with Crippen molar-refractivity contribution in [3.63, 3.8) is 0 Å². The third-order valence-corrected chi connectivity index (χ3v) is 3.95. The molecule has 3 rings (SSSR count). The zero-order valence-electron chi connectivity index (χ0n) is 9.98. The molecule has 0 atom stereocenters. The highest BCUT2D eigenvalue weighted by molar-refractivity contribution is 6.16. The van der Waals surface area contributed by atoms with Crippen LogP contribution >= 0.6 is 11.6 Å². The van der Waals surface area contributed by atoms with Crippen molar-refractivity contribution in [1.82, 2.24) is 9.88 Å². The molecule has 1 saturated carbocycles. The third-order valence-electron chi connectivity index (χ3n) is 3.68. The topological polar surface area (TPSA) is 19.4 Å². The number of alkyl halides is 1. The Kier molecular flexibility index (Phi) is 3.21. The summed E-state index contributed by atoms with van der Waals surface area (Å²) >= 11 is 5.82. The van der Waals surface area contributed by atoms with Crippen molar-refractivity contribution in [2.24, 2.45) is 0 Å². The minimum atomic E-state index is 0.496. The highest BCUT2D eigenvalue weighted by Gasteiger charge is 2.31. The van der Waals surface area contributed by atoms with Gasteiger partial charge in [-0.3, -0.25) is 9.88 Å². The standard InChI is InChI=1S/C13H18ClN3/c14-10-11-9-13(3-4-15-11)17-7-5-16(6-8-17)12-1-2-12/h3-4,9,12H,1-2,5-8,10H2. The molecule has 92 valence electrons. The van der Waals surface area contributed by atoms with E-state index >= 15 is 0 Å². The number of nitrogens with zero attached hydrogens (tertiary/aromatic N) is 3. The Morgan fingerprint density at radius 2 is 2.00 bits per heavy atom. The minimum absolute atomic E-state index is 0.496. The summed E-state index contributed by atoms with van der Waals surface area (Å²) < 4.78 is 0. The van der Waals surface area contributed by atoms with Crippen molar-refractivity contribution >= 4 is 17.3 Å². The van der Waals surface area contributed by atoms with Crippen LogP contribution in [0, 0.1) is 0 Å². The number of aromatic nitrogens is 1. The van der Waals surface area contributed by atoms with Gasteiger partial charge in [0.1, 0.15) is 0 Å². The molecule has 3 nitrogen and oxygen atoms in total. The summed E-state index contributed by atoms with van der Waals surface area (Å²) in [5.41, 5.74) is 2.24. The first-order chi connectivity index (χ1) is 8.36. The number of halogens is 1. The Labute approximate surface area is 107 Å². The lowest BCUT2D eigenvalue weighted by Crippen LogP contribution is -2.47. The van der Waals surface area contributed by atoms with Crippen LogP contribution in [0.15, 0.2) is 18.3 Å². The van der Waals surface area contributed by atoms with Crippen LogP contribution in [0.3, 0.4) is 0 Å². The number of hydrogen-bond acceptors (Lipinski definition) is 3. The van der Waals surface area contributed by atoms with Gasteiger partial charge in [-0.25, -0.2) is 0 Å². The van der Waals surface area contributed by atoms with Gasteiger partial charge in [-0.15, -0.1) is 11.6 Å². The van der Waals surface area contributed by atoms with Crippen molar-refractivity contribution in [3.8, 4) is 0 Å². The maximum Gasteiger partial charge on any atom is 0.0648 e. The summed E-state index contributed by atoms with van der Waals surface area (Å²) in [6, 6.07) is 5.09. The van der Waals surface area contributed by atoms with E-state index in [4.69, 9.17) is 11.6 Å². The molecule has 0 spiro atoms. The van der Waals surface area contributed by atoms with E-state index in [-0.39, 0.29) is 0 Å². The fourth-order valence-electron chi connectivity index (χ4n) is 2.52. The molecule has 17 heavy (non-hydrogen) atoms. The molecule has 2 aliphatic rings. The SMILES string of the molecule is ClCc1cc(N2CCN(C3CC3)CC2)ccn1. The molecular formula is C13H18ClN3. The number of anilines is 1. The van der Waals surface area contributed by atoms with Gasteiger partial charge in [0.05, 0.1) is 11.6 Å². The average Bonchev–Trinajstić information content (AvgIpc) is 3.23. The number of rotatable bonds is 3. The van der Waals surface area contributed by atoms with Crippen molar-refractivity contribution in [2.75, 3.05) is 31.1 Å². The summed E-state index contributed by atoms with van der Waals surface area (Å²) in [6.07, 6.45) is 4.68. The smallest absolute Gasteiger partial charge is 0.0648 e. The van der Waals surface area contributed by atoms with Crippen LogP contribution in [0.1, 0.15) is 18.5 Å². The van der Waals surface area contributed by atoms with Crippen molar-refractivity contribution in [2.45, 2.75) is 24.8 Å². The van der Waals surface area contributed by atoms with E-state index < -0.39 is 0 Å². The lowest BCUT2D eigenvalue weighted by atomic mass is 10.2. The van der Waals surface area contributed by atoms with Gasteiger partial charge < -0.3 is 4.90 Å². The van der Waals surface area contributed by atoms with E-state index in [9.17, 15) is 0 Å². The number of pyridine rings is 1. The van der Waals surface area contributed by atoms with Gasteiger partial charge in [0, 0.05) is 44.1 Å². The number of hydrogen-bond donors (Lipinski definition) is 0. The van der Waals surface area contributed by atoms with E-state index in [0.29, 0.717) is 5.88 Å². The zero-order chi connectivity index (χ0) is 11.7. The molecule has 4 heteroatoms. The normalized spacial score (nSPS) is 21.8. The molecule has 0 amide bonds. The number of piperazine rings is 1. The summed E-state index contributed by atoms with van der Waals surface area (Å²) in [5, 5.41) is 0. The van der Waals surface area contributed by atoms with Crippen LogP contribution in [-0.2, 0) is 5.88 Å². The molecule has 0 bridgehead atoms. The summed E-state index contributed by atoms with van der Waals surface area (Å²) in [7, 11) is 0. The van der Waals surface area contributed by atoms with E-state index in [1.165, 1.54) is 31.6 Å². The molecule has 0 N–H and O–H groups in total. The lowest BCUT2D eigenvalue weighted by molar-refractivity contribution is 0.248. The van der Waals surface area contributed by atoms with Crippen molar-refractivity contribution in [1.29, 1.82) is 0 Å². The quantitative estimate of drug-likeness (QED) is 0.767. The first-order valence-corrected chi connectivity index (χ1v) is 6.90. The molecule has 1 aliphatic heterocycles. The van der Waals surface area contributed by atoms with Crippen LogP contribution in [0.4, 0.5) is 5.69 Å².